The molecule has 2 aromatic carbocycles. The smallest absolute Gasteiger partial charge is 0.261 e. The van der Waals surface area contributed by atoms with Gasteiger partial charge in [-0.15, -0.1) is 0 Å². The Morgan fingerprint density at radius 3 is 2.19 bits per heavy atom. The van der Waals surface area contributed by atoms with E-state index in [-0.39, 0.29) is 4.90 Å². The monoisotopic (exact) mass is 369 g/mol. The average Bonchev–Trinajstić information content (AvgIpc) is 2.89. The summed E-state index contributed by atoms with van der Waals surface area (Å²) in [4.78, 5) is 0.271. The first-order chi connectivity index (χ1) is 12.2. The first kappa shape index (κ1) is 18.2. The number of aromatic nitrogens is 2. The van der Waals surface area contributed by atoms with Gasteiger partial charge in [0.05, 0.1) is 17.1 Å². The van der Waals surface area contributed by atoms with Crippen molar-refractivity contribution in [3.63, 3.8) is 0 Å². The van der Waals surface area contributed by atoms with Gasteiger partial charge in [-0.3, -0.25) is 9.40 Å². The highest BCUT2D eigenvalue weighted by Gasteiger charge is 2.15. The van der Waals surface area contributed by atoms with E-state index in [0.29, 0.717) is 12.2 Å². The number of nitrogens with zero attached hydrogens (tertiary/aromatic N) is 2. The van der Waals surface area contributed by atoms with Gasteiger partial charge in [0, 0.05) is 11.4 Å². The predicted molar refractivity (Wildman–Crippen MR) is 104 cm³/mol. The summed E-state index contributed by atoms with van der Waals surface area (Å²) in [5.41, 5.74) is 5.71. The maximum absolute atomic E-state index is 12.6. The van der Waals surface area contributed by atoms with E-state index in [9.17, 15) is 8.42 Å². The molecule has 0 spiro atoms. The zero-order valence-electron chi connectivity index (χ0n) is 15.4. The minimum atomic E-state index is -3.60. The molecule has 0 saturated heterocycles. The molecule has 1 N–H and O–H groups in total. The Bertz CT molecular complexity index is 1040. The van der Waals surface area contributed by atoms with Crippen LogP contribution in [0, 0.1) is 27.7 Å². The van der Waals surface area contributed by atoms with Crippen molar-refractivity contribution in [1.82, 2.24) is 9.78 Å². The van der Waals surface area contributed by atoms with Crippen molar-refractivity contribution < 1.29 is 8.42 Å². The molecule has 5 nitrogen and oxygen atoms in total. The van der Waals surface area contributed by atoms with Crippen LogP contribution in [0.5, 0.6) is 0 Å². The third kappa shape index (κ3) is 3.96. The Kier molecular flexibility index (Phi) is 4.87. The van der Waals surface area contributed by atoms with E-state index < -0.39 is 10.0 Å². The fraction of sp³-hybridized carbons (Fsp3) is 0.250. The molecule has 0 amide bonds. The highest BCUT2D eigenvalue weighted by Crippen LogP contribution is 2.19. The number of aryl methyl sites for hydroxylation is 4. The topological polar surface area (TPSA) is 64.0 Å². The van der Waals surface area contributed by atoms with Crippen molar-refractivity contribution in [3.05, 3.63) is 76.6 Å². The fourth-order valence-electron chi connectivity index (χ4n) is 2.78. The van der Waals surface area contributed by atoms with Crippen molar-refractivity contribution in [2.75, 3.05) is 4.72 Å². The average molecular weight is 369 g/mol. The maximum atomic E-state index is 12.6. The molecule has 0 radical (unpaired) electrons. The summed E-state index contributed by atoms with van der Waals surface area (Å²) >= 11 is 0. The zero-order valence-corrected chi connectivity index (χ0v) is 16.3. The molecular weight excluding hydrogens is 346 g/mol. The van der Waals surface area contributed by atoms with Crippen LogP contribution in [-0.4, -0.2) is 18.2 Å². The summed E-state index contributed by atoms with van der Waals surface area (Å²) in [5, 5.41) is 4.45. The molecule has 3 aromatic rings. The first-order valence-corrected chi connectivity index (χ1v) is 9.93. The number of anilines is 1. The van der Waals surface area contributed by atoms with Crippen molar-refractivity contribution in [2.45, 2.75) is 39.1 Å². The fourth-order valence-corrected chi connectivity index (χ4v) is 3.92. The number of hydrogen-bond acceptors (Lipinski definition) is 3. The van der Waals surface area contributed by atoms with Crippen molar-refractivity contribution in [1.29, 1.82) is 0 Å². The molecule has 0 aliphatic carbocycles. The molecular formula is C20H23N3O2S. The second-order valence-corrected chi connectivity index (χ2v) is 8.32. The molecule has 1 aromatic heterocycles. The van der Waals surface area contributed by atoms with E-state index >= 15 is 0 Å². The van der Waals surface area contributed by atoms with Gasteiger partial charge in [0.1, 0.15) is 0 Å². The lowest BCUT2D eigenvalue weighted by Crippen LogP contribution is -2.13. The summed E-state index contributed by atoms with van der Waals surface area (Å²) in [6.07, 6.45) is 0. The second-order valence-electron chi connectivity index (χ2n) is 6.63. The quantitative estimate of drug-likeness (QED) is 0.740. The second kappa shape index (κ2) is 6.96. The summed E-state index contributed by atoms with van der Waals surface area (Å²) in [7, 11) is -3.60. The van der Waals surface area contributed by atoms with Crippen LogP contribution in [0.25, 0.3) is 0 Å². The van der Waals surface area contributed by atoms with Gasteiger partial charge in [-0.25, -0.2) is 8.42 Å². The number of rotatable bonds is 5. The van der Waals surface area contributed by atoms with Gasteiger partial charge in [-0.2, -0.15) is 5.10 Å². The Morgan fingerprint density at radius 1 is 0.923 bits per heavy atom. The van der Waals surface area contributed by atoms with E-state index in [1.54, 1.807) is 24.3 Å². The maximum Gasteiger partial charge on any atom is 0.261 e. The summed E-state index contributed by atoms with van der Waals surface area (Å²) in [5.74, 6) is 0. The number of hydrogen-bond donors (Lipinski definition) is 1. The largest absolute Gasteiger partial charge is 0.280 e. The molecule has 0 bridgehead atoms. The van der Waals surface area contributed by atoms with Crippen LogP contribution in [0.1, 0.15) is 28.1 Å². The van der Waals surface area contributed by atoms with Crippen LogP contribution in [0.3, 0.4) is 0 Å². The molecule has 1 heterocycles. The molecule has 0 unspecified atom stereocenters. The lowest BCUT2D eigenvalue weighted by Gasteiger charge is -2.11. The van der Waals surface area contributed by atoms with E-state index in [2.05, 4.69) is 9.82 Å². The Balaban J connectivity index is 1.76. The summed E-state index contributed by atoms with van der Waals surface area (Å²) in [6.45, 7) is 8.51. The minimum Gasteiger partial charge on any atom is -0.280 e. The van der Waals surface area contributed by atoms with Crippen LogP contribution >= 0.6 is 0 Å². The Morgan fingerprint density at radius 2 is 1.62 bits per heavy atom. The highest BCUT2D eigenvalue weighted by molar-refractivity contribution is 7.92. The van der Waals surface area contributed by atoms with E-state index in [0.717, 1.165) is 28.1 Å². The molecule has 0 aliphatic heterocycles. The van der Waals surface area contributed by atoms with Crippen LogP contribution in [0.2, 0.25) is 0 Å². The SMILES string of the molecule is Cc1cc(C)n(Cc2ccc(NS(=O)(=O)c3ccc(C)c(C)c3)cc2)n1. The minimum absolute atomic E-state index is 0.271. The lowest BCUT2D eigenvalue weighted by molar-refractivity contribution is 0.601. The lowest BCUT2D eigenvalue weighted by atomic mass is 10.1. The third-order valence-corrected chi connectivity index (χ3v) is 5.81. The zero-order chi connectivity index (χ0) is 18.9. The Hall–Kier alpha value is -2.60. The van der Waals surface area contributed by atoms with Gasteiger partial charge in [-0.05, 0) is 74.7 Å². The molecule has 26 heavy (non-hydrogen) atoms. The van der Waals surface area contributed by atoms with Gasteiger partial charge in [0.15, 0.2) is 0 Å². The van der Waals surface area contributed by atoms with Gasteiger partial charge in [0.2, 0.25) is 0 Å². The van der Waals surface area contributed by atoms with Gasteiger partial charge >= 0.3 is 0 Å². The molecule has 0 aliphatic rings. The van der Waals surface area contributed by atoms with Crippen LogP contribution in [0.4, 0.5) is 5.69 Å². The summed E-state index contributed by atoms with van der Waals surface area (Å²) < 4.78 is 29.7. The van der Waals surface area contributed by atoms with Gasteiger partial charge in [-0.1, -0.05) is 18.2 Å². The van der Waals surface area contributed by atoms with Crippen LogP contribution < -0.4 is 4.72 Å². The third-order valence-electron chi connectivity index (χ3n) is 4.43. The number of nitrogens with one attached hydrogen (secondary N) is 1. The number of sulfonamides is 1. The van der Waals surface area contributed by atoms with E-state index in [1.165, 1.54) is 0 Å². The van der Waals surface area contributed by atoms with Gasteiger partial charge in [0.25, 0.3) is 10.0 Å². The van der Waals surface area contributed by atoms with Crippen LogP contribution in [-0.2, 0) is 16.6 Å². The van der Waals surface area contributed by atoms with Gasteiger partial charge < -0.3 is 0 Å². The number of benzene rings is 2. The first-order valence-electron chi connectivity index (χ1n) is 8.45. The summed E-state index contributed by atoms with van der Waals surface area (Å²) in [6, 6.07) is 14.5. The van der Waals surface area contributed by atoms with Crippen LogP contribution in [0.15, 0.2) is 53.4 Å². The Labute approximate surface area is 154 Å². The van der Waals surface area contributed by atoms with Crippen molar-refractivity contribution in [3.8, 4) is 0 Å². The molecule has 3 rings (SSSR count). The van der Waals surface area contributed by atoms with E-state index in [4.69, 9.17) is 0 Å². The normalized spacial score (nSPS) is 11.5. The molecule has 136 valence electrons. The van der Waals surface area contributed by atoms with Crippen molar-refractivity contribution >= 4 is 15.7 Å². The standard InChI is InChI=1S/C20H23N3O2S/c1-14-5-10-20(11-15(14)2)26(24,25)22-19-8-6-18(7-9-19)13-23-17(4)12-16(3)21-23/h5-12,22H,13H2,1-4H3. The van der Waals surface area contributed by atoms with E-state index in [1.807, 2.05) is 56.6 Å². The van der Waals surface area contributed by atoms with Crippen molar-refractivity contribution in [2.24, 2.45) is 0 Å². The molecule has 0 fully saturated rings. The predicted octanol–water partition coefficient (Wildman–Crippen LogP) is 3.97. The molecule has 6 heteroatoms. The molecule has 0 atom stereocenters. The molecule has 0 saturated carbocycles. The highest BCUT2D eigenvalue weighted by atomic mass is 32.2.